The van der Waals surface area contributed by atoms with Gasteiger partial charge in [-0.1, -0.05) is 22.9 Å². The number of rotatable bonds is 1. The number of likely N-dealkylation sites (tertiary alicyclic amines) is 1. The van der Waals surface area contributed by atoms with Gasteiger partial charge in [0.05, 0.1) is 0 Å². The van der Waals surface area contributed by atoms with Gasteiger partial charge >= 0.3 is 0 Å². The summed E-state index contributed by atoms with van der Waals surface area (Å²) in [5.41, 5.74) is 8.16. The normalized spacial score (nSPS) is 23.4. The van der Waals surface area contributed by atoms with Gasteiger partial charge in [0.2, 0.25) is 0 Å². The molecule has 1 saturated heterocycles. The second-order valence-corrected chi connectivity index (χ2v) is 6.23. The number of anilines is 1. The first-order chi connectivity index (χ1) is 8.40. The molecule has 1 aliphatic rings. The van der Waals surface area contributed by atoms with Gasteiger partial charge in [0.15, 0.2) is 0 Å². The molecule has 1 aromatic carbocycles. The summed E-state index contributed by atoms with van der Waals surface area (Å²) < 4.78 is 0.855. The molecule has 0 saturated carbocycles. The van der Waals surface area contributed by atoms with E-state index in [-0.39, 0.29) is 5.91 Å². The van der Waals surface area contributed by atoms with E-state index in [2.05, 4.69) is 29.8 Å². The van der Waals surface area contributed by atoms with Gasteiger partial charge in [-0.15, -0.1) is 0 Å². The number of nitrogens with zero attached hydrogens (tertiary/aromatic N) is 1. The maximum Gasteiger partial charge on any atom is 0.254 e. The Morgan fingerprint density at radius 2 is 2.11 bits per heavy atom. The highest BCUT2D eigenvalue weighted by Crippen LogP contribution is 2.28. The Bertz CT molecular complexity index is 487. The third kappa shape index (κ3) is 2.39. The Morgan fingerprint density at radius 1 is 1.44 bits per heavy atom. The molecule has 4 heteroatoms. The van der Waals surface area contributed by atoms with Crippen molar-refractivity contribution in [3.05, 3.63) is 27.7 Å². The molecule has 2 unspecified atom stereocenters. The second kappa shape index (κ2) is 4.92. The summed E-state index contributed by atoms with van der Waals surface area (Å²) in [4.78, 5) is 14.5. The van der Waals surface area contributed by atoms with Gasteiger partial charge in [-0.3, -0.25) is 4.79 Å². The molecule has 2 N–H and O–H groups in total. The smallest absolute Gasteiger partial charge is 0.254 e. The predicted octanol–water partition coefficient (Wildman–Crippen LogP) is 3.21. The highest BCUT2D eigenvalue weighted by molar-refractivity contribution is 9.10. The van der Waals surface area contributed by atoms with Crippen LogP contribution in [0.1, 0.15) is 36.2 Å². The standard InChI is InChI=1S/C14H19BrN2O/c1-8-4-9(2)17(7-8)14(18)12-5-11(15)6-13(16)10(12)3/h5-6,8-9H,4,7,16H2,1-3H3. The minimum atomic E-state index is 0.0948. The summed E-state index contributed by atoms with van der Waals surface area (Å²) in [5, 5.41) is 0. The van der Waals surface area contributed by atoms with Crippen molar-refractivity contribution < 1.29 is 4.79 Å². The Balaban J connectivity index is 2.35. The van der Waals surface area contributed by atoms with Crippen LogP contribution in [0.25, 0.3) is 0 Å². The van der Waals surface area contributed by atoms with E-state index in [1.165, 1.54) is 0 Å². The van der Waals surface area contributed by atoms with Gasteiger partial charge in [-0.2, -0.15) is 0 Å². The fourth-order valence-electron chi connectivity index (χ4n) is 2.66. The van der Waals surface area contributed by atoms with E-state index in [9.17, 15) is 4.79 Å². The molecule has 1 aromatic rings. The van der Waals surface area contributed by atoms with Crippen LogP contribution in [-0.4, -0.2) is 23.4 Å². The topological polar surface area (TPSA) is 46.3 Å². The maximum absolute atomic E-state index is 12.6. The number of halogens is 1. The lowest BCUT2D eigenvalue weighted by Gasteiger charge is -2.23. The highest BCUT2D eigenvalue weighted by atomic mass is 79.9. The van der Waals surface area contributed by atoms with Crippen LogP contribution in [0.3, 0.4) is 0 Å². The monoisotopic (exact) mass is 310 g/mol. The first-order valence-corrected chi connectivity index (χ1v) is 7.06. The molecule has 1 heterocycles. The SMILES string of the molecule is Cc1c(N)cc(Br)cc1C(=O)N1CC(C)CC1C. The molecule has 1 aliphatic heterocycles. The van der Waals surface area contributed by atoms with Crippen LogP contribution in [0.2, 0.25) is 0 Å². The molecule has 0 aromatic heterocycles. The summed E-state index contributed by atoms with van der Waals surface area (Å²) >= 11 is 3.40. The summed E-state index contributed by atoms with van der Waals surface area (Å²) in [6.45, 7) is 7.04. The molecule has 1 amide bonds. The first kappa shape index (κ1) is 13.4. The molecular formula is C14H19BrN2O. The van der Waals surface area contributed by atoms with Crippen LogP contribution in [0.5, 0.6) is 0 Å². The minimum Gasteiger partial charge on any atom is -0.398 e. The van der Waals surface area contributed by atoms with E-state index in [1.54, 1.807) is 0 Å². The van der Waals surface area contributed by atoms with E-state index in [0.717, 1.165) is 23.0 Å². The molecule has 98 valence electrons. The van der Waals surface area contributed by atoms with Crippen LogP contribution in [-0.2, 0) is 0 Å². The first-order valence-electron chi connectivity index (χ1n) is 6.26. The number of carbonyl (C=O) groups is 1. The third-order valence-electron chi connectivity index (χ3n) is 3.69. The zero-order valence-corrected chi connectivity index (χ0v) is 12.6. The molecule has 2 atom stereocenters. The molecular weight excluding hydrogens is 292 g/mol. The number of nitrogens with two attached hydrogens (primary N) is 1. The minimum absolute atomic E-state index is 0.0948. The lowest BCUT2D eigenvalue weighted by Crippen LogP contribution is -2.34. The predicted molar refractivity (Wildman–Crippen MR) is 77.6 cm³/mol. The van der Waals surface area contributed by atoms with E-state index >= 15 is 0 Å². The number of nitrogen functional groups attached to an aromatic ring is 1. The fraction of sp³-hybridized carbons (Fsp3) is 0.500. The Kier molecular flexibility index (Phi) is 3.66. The van der Waals surface area contributed by atoms with Gasteiger partial charge < -0.3 is 10.6 Å². The van der Waals surface area contributed by atoms with Gasteiger partial charge in [0, 0.05) is 28.3 Å². The quantitative estimate of drug-likeness (QED) is 0.810. The van der Waals surface area contributed by atoms with Crippen LogP contribution >= 0.6 is 15.9 Å². The second-order valence-electron chi connectivity index (χ2n) is 5.31. The summed E-state index contributed by atoms with van der Waals surface area (Å²) in [6, 6.07) is 4.01. The maximum atomic E-state index is 12.6. The number of hydrogen-bond donors (Lipinski definition) is 1. The van der Waals surface area contributed by atoms with Crippen LogP contribution < -0.4 is 5.73 Å². The van der Waals surface area contributed by atoms with Crippen molar-refractivity contribution >= 4 is 27.5 Å². The number of amides is 1. The zero-order chi connectivity index (χ0) is 13.4. The van der Waals surface area contributed by atoms with Crippen molar-refractivity contribution in [1.82, 2.24) is 4.90 Å². The molecule has 0 bridgehead atoms. The van der Waals surface area contributed by atoms with Gasteiger partial charge in [0.25, 0.3) is 5.91 Å². The van der Waals surface area contributed by atoms with Crippen molar-refractivity contribution in [3.8, 4) is 0 Å². The molecule has 3 nitrogen and oxygen atoms in total. The number of carbonyl (C=O) groups excluding carboxylic acids is 1. The van der Waals surface area contributed by atoms with E-state index in [0.29, 0.717) is 23.2 Å². The van der Waals surface area contributed by atoms with E-state index < -0.39 is 0 Å². The van der Waals surface area contributed by atoms with E-state index in [4.69, 9.17) is 5.73 Å². The van der Waals surface area contributed by atoms with Crippen LogP contribution in [0, 0.1) is 12.8 Å². The fourth-order valence-corrected chi connectivity index (χ4v) is 3.14. The van der Waals surface area contributed by atoms with Crippen molar-refractivity contribution in [2.45, 2.75) is 33.2 Å². The van der Waals surface area contributed by atoms with Crippen LogP contribution in [0.15, 0.2) is 16.6 Å². The Hall–Kier alpha value is -1.03. The van der Waals surface area contributed by atoms with Crippen molar-refractivity contribution in [2.24, 2.45) is 5.92 Å². The molecule has 2 rings (SSSR count). The summed E-state index contributed by atoms with van der Waals surface area (Å²) in [7, 11) is 0. The average Bonchev–Trinajstić information content (AvgIpc) is 2.62. The summed E-state index contributed by atoms with van der Waals surface area (Å²) in [5.74, 6) is 0.672. The molecule has 0 aliphatic carbocycles. The number of hydrogen-bond acceptors (Lipinski definition) is 2. The number of benzene rings is 1. The largest absolute Gasteiger partial charge is 0.398 e. The lowest BCUT2D eigenvalue weighted by atomic mass is 10.1. The van der Waals surface area contributed by atoms with Crippen molar-refractivity contribution in [2.75, 3.05) is 12.3 Å². The Morgan fingerprint density at radius 3 is 2.67 bits per heavy atom. The van der Waals surface area contributed by atoms with Gasteiger partial charge in [-0.25, -0.2) is 0 Å². The molecule has 0 radical (unpaired) electrons. The van der Waals surface area contributed by atoms with E-state index in [1.807, 2.05) is 24.0 Å². The Labute approximate surface area is 116 Å². The van der Waals surface area contributed by atoms with Gasteiger partial charge in [-0.05, 0) is 43.9 Å². The average molecular weight is 311 g/mol. The molecule has 1 fully saturated rings. The third-order valence-corrected chi connectivity index (χ3v) is 4.15. The van der Waals surface area contributed by atoms with Crippen LogP contribution in [0.4, 0.5) is 5.69 Å². The van der Waals surface area contributed by atoms with Crippen molar-refractivity contribution in [1.29, 1.82) is 0 Å². The lowest BCUT2D eigenvalue weighted by molar-refractivity contribution is 0.0743. The molecule has 18 heavy (non-hydrogen) atoms. The van der Waals surface area contributed by atoms with Gasteiger partial charge in [0.1, 0.15) is 0 Å². The summed E-state index contributed by atoms with van der Waals surface area (Å²) in [6.07, 6.45) is 1.08. The zero-order valence-electron chi connectivity index (χ0n) is 11.0. The highest BCUT2D eigenvalue weighted by Gasteiger charge is 2.31. The molecule has 0 spiro atoms. The van der Waals surface area contributed by atoms with Crippen molar-refractivity contribution in [3.63, 3.8) is 0 Å².